The van der Waals surface area contributed by atoms with Crippen molar-refractivity contribution in [1.29, 1.82) is 0 Å². The van der Waals surface area contributed by atoms with E-state index in [2.05, 4.69) is 0 Å². The number of imide groups is 1. The van der Waals surface area contributed by atoms with Crippen LogP contribution in [0.5, 0.6) is 17.2 Å². The van der Waals surface area contributed by atoms with Crippen molar-refractivity contribution in [1.82, 2.24) is 18.8 Å². The summed E-state index contributed by atoms with van der Waals surface area (Å²) in [6.07, 6.45) is 1.51. The highest BCUT2D eigenvalue weighted by Gasteiger charge is 2.75. The number of amides is 2. The maximum atomic E-state index is 13.8. The average Bonchev–Trinajstić information content (AvgIpc) is 3.28. The van der Waals surface area contributed by atoms with Gasteiger partial charge in [-0.15, -0.1) is 23.2 Å². The second-order valence-electron chi connectivity index (χ2n) is 9.98. The quantitative estimate of drug-likeness (QED) is 0.282. The molecule has 13 heteroatoms. The Morgan fingerprint density at radius 2 is 1.57 bits per heavy atom. The maximum Gasteiger partial charge on any atom is 0.352 e. The van der Waals surface area contributed by atoms with E-state index in [-0.39, 0.29) is 30.2 Å². The lowest BCUT2D eigenvalue weighted by Gasteiger charge is -2.49. The summed E-state index contributed by atoms with van der Waals surface area (Å²) in [4.78, 5) is 51.4. The average molecular weight is 587 g/mol. The minimum atomic E-state index is -2.00. The number of benzene rings is 2. The van der Waals surface area contributed by atoms with Gasteiger partial charge in [-0.2, -0.15) is 0 Å². The number of likely N-dealkylation sites (tertiary alicyclic amines) is 1. The largest absolute Gasteiger partial charge is 0.502 e. The van der Waals surface area contributed by atoms with E-state index in [1.165, 1.54) is 42.8 Å². The lowest BCUT2D eigenvalue weighted by Crippen LogP contribution is -2.59. The third-order valence-corrected chi connectivity index (χ3v) is 9.54. The number of ether oxygens (including phenoxy) is 2. The van der Waals surface area contributed by atoms with E-state index in [0.29, 0.717) is 16.8 Å². The summed E-state index contributed by atoms with van der Waals surface area (Å²) in [6.45, 7) is 0.00280. The van der Waals surface area contributed by atoms with Crippen LogP contribution >= 0.6 is 23.2 Å². The SMILES string of the molecule is COc1cc([C@H]2C3=CCn4c(=O)n(-c5ccccc5)c(=O)n4[C@@H]3C[C@@]3(Cl)C(=O)N(C)C(=O)[C@@]23Cl)cc(OC)c1O. The first-order valence-corrected chi connectivity index (χ1v) is 13.1. The van der Waals surface area contributed by atoms with E-state index in [1.54, 1.807) is 36.4 Å². The van der Waals surface area contributed by atoms with Crippen molar-refractivity contribution in [2.75, 3.05) is 21.3 Å². The van der Waals surface area contributed by atoms with Crippen molar-refractivity contribution in [3.8, 4) is 22.9 Å². The van der Waals surface area contributed by atoms with Crippen molar-refractivity contribution < 1.29 is 24.2 Å². The Balaban J connectivity index is 1.63. The summed E-state index contributed by atoms with van der Waals surface area (Å²) in [5.41, 5.74) is 0.0789. The second kappa shape index (κ2) is 8.77. The molecule has 2 aromatic carbocycles. The fourth-order valence-corrected chi connectivity index (χ4v) is 7.26. The number of carbonyl (C=O) groups is 2. The summed E-state index contributed by atoms with van der Waals surface area (Å²) in [7, 11) is 4.01. The number of alkyl halides is 2. The first kappa shape index (κ1) is 26.3. The lowest BCUT2D eigenvalue weighted by molar-refractivity contribution is -0.137. The molecule has 40 heavy (non-hydrogen) atoms. The van der Waals surface area contributed by atoms with E-state index in [9.17, 15) is 24.3 Å². The van der Waals surface area contributed by atoms with Crippen LogP contribution in [0.25, 0.3) is 5.69 Å². The molecule has 3 heterocycles. The van der Waals surface area contributed by atoms with Crippen LogP contribution in [0, 0.1) is 0 Å². The van der Waals surface area contributed by atoms with E-state index < -0.39 is 44.9 Å². The van der Waals surface area contributed by atoms with Crippen LogP contribution in [0.15, 0.2) is 63.7 Å². The number of fused-ring (bicyclic) bond motifs is 4. The number of para-hydroxylation sites is 1. The Morgan fingerprint density at radius 1 is 0.950 bits per heavy atom. The van der Waals surface area contributed by atoms with Gasteiger partial charge in [0, 0.05) is 19.4 Å². The highest BCUT2D eigenvalue weighted by atomic mass is 35.5. The third-order valence-electron chi connectivity index (χ3n) is 8.13. The molecule has 1 aliphatic carbocycles. The molecule has 2 aliphatic heterocycles. The molecule has 2 fully saturated rings. The number of phenolic OH excluding ortho intramolecular Hbond substituents is 1. The molecule has 1 saturated heterocycles. The van der Waals surface area contributed by atoms with Crippen LogP contribution in [0.2, 0.25) is 0 Å². The van der Waals surface area contributed by atoms with Crippen LogP contribution < -0.4 is 20.9 Å². The summed E-state index contributed by atoms with van der Waals surface area (Å²) in [5.74, 6) is -2.67. The molecule has 3 aromatic rings. The molecule has 1 N–H and O–H groups in total. The molecule has 1 aromatic heterocycles. The Kier molecular flexibility index (Phi) is 5.76. The van der Waals surface area contributed by atoms with Gasteiger partial charge in [0.25, 0.3) is 11.8 Å². The molecule has 208 valence electrons. The lowest BCUT2D eigenvalue weighted by atomic mass is 9.64. The number of aromatic hydroxyl groups is 1. The van der Waals surface area contributed by atoms with Gasteiger partial charge >= 0.3 is 11.4 Å². The zero-order valence-corrected chi connectivity index (χ0v) is 23.1. The van der Waals surface area contributed by atoms with Crippen molar-refractivity contribution >= 4 is 35.0 Å². The Hall–Kier alpha value is -3.96. The summed E-state index contributed by atoms with van der Waals surface area (Å²) in [6, 6.07) is 10.6. The molecule has 11 nitrogen and oxygen atoms in total. The first-order valence-electron chi connectivity index (χ1n) is 12.4. The van der Waals surface area contributed by atoms with Gasteiger partial charge in [-0.3, -0.25) is 14.5 Å². The van der Waals surface area contributed by atoms with Gasteiger partial charge in [0.2, 0.25) is 5.75 Å². The minimum Gasteiger partial charge on any atom is -0.502 e. The Labute approximate surface area is 237 Å². The van der Waals surface area contributed by atoms with E-state index in [1.807, 2.05) is 0 Å². The van der Waals surface area contributed by atoms with Crippen molar-refractivity contribution in [3.05, 3.63) is 80.6 Å². The van der Waals surface area contributed by atoms with Gasteiger partial charge in [0.1, 0.15) is 0 Å². The van der Waals surface area contributed by atoms with Crippen LogP contribution in [-0.2, 0) is 16.1 Å². The number of nitrogens with zero attached hydrogens (tertiary/aromatic N) is 4. The van der Waals surface area contributed by atoms with Gasteiger partial charge in [0.15, 0.2) is 21.2 Å². The summed E-state index contributed by atoms with van der Waals surface area (Å²) in [5, 5.41) is 10.6. The number of allylic oxidation sites excluding steroid dienone is 2. The number of halogens is 2. The molecule has 6 rings (SSSR count). The fourth-order valence-electron chi connectivity index (χ4n) is 6.26. The molecule has 3 aliphatic rings. The van der Waals surface area contributed by atoms with E-state index in [0.717, 1.165) is 9.47 Å². The highest BCUT2D eigenvalue weighted by molar-refractivity contribution is 6.53. The predicted octanol–water partition coefficient (Wildman–Crippen LogP) is 2.15. The molecule has 0 radical (unpaired) electrons. The zero-order valence-electron chi connectivity index (χ0n) is 21.6. The molecular weight excluding hydrogens is 563 g/mol. The number of hydrogen-bond donors (Lipinski definition) is 1. The monoisotopic (exact) mass is 586 g/mol. The zero-order chi connectivity index (χ0) is 28.7. The molecule has 0 bridgehead atoms. The van der Waals surface area contributed by atoms with Crippen LogP contribution in [0.3, 0.4) is 0 Å². The van der Waals surface area contributed by atoms with Crippen molar-refractivity contribution in [2.24, 2.45) is 0 Å². The number of aromatic nitrogens is 3. The second-order valence-corrected chi connectivity index (χ2v) is 11.2. The van der Waals surface area contributed by atoms with Gasteiger partial charge in [-0.1, -0.05) is 24.3 Å². The smallest absolute Gasteiger partial charge is 0.352 e. The van der Waals surface area contributed by atoms with Crippen LogP contribution in [0.4, 0.5) is 0 Å². The van der Waals surface area contributed by atoms with Crippen LogP contribution in [-0.4, -0.2) is 66.8 Å². The van der Waals surface area contributed by atoms with Crippen molar-refractivity contribution in [3.63, 3.8) is 0 Å². The van der Waals surface area contributed by atoms with Gasteiger partial charge in [-0.05, 0) is 35.4 Å². The third kappa shape index (κ3) is 3.13. The number of hydrogen-bond acceptors (Lipinski definition) is 7. The predicted molar refractivity (Wildman–Crippen MR) is 145 cm³/mol. The Morgan fingerprint density at radius 3 is 2.17 bits per heavy atom. The van der Waals surface area contributed by atoms with Gasteiger partial charge in [-0.25, -0.2) is 23.5 Å². The minimum absolute atomic E-state index is 0.00280. The molecular formula is C27H24Cl2N4O7. The number of carbonyl (C=O) groups excluding carboxylic acids is 2. The molecule has 2 amide bonds. The van der Waals surface area contributed by atoms with Gasteiger partial charge in [0.05, 0.1) is 32.5 Å². The molecule has 1 saturated carbocycles. The van der Waals surface area contributed by atoms with E-state index in [4.69, 9.17) is 32.7 Å². The number of methoxy groups -OCH3 is 2. The maximum absolute atomic E-state index is 13.8. The van der Waals surface area contributed by atoms with Gasteiger partial charge < -0.3 is 14.6 Å². The fraction of sp³-hybridized carbons (Fsp3) is 0.333. The highest BCUT2D eigenvalue weighted by Crippen LogP contribution is 2.63. The van der Waals surface area contributed by atoms with Crippen LogP contribution in [0.1, 0.15) is 23.9 Å². The number of phenols is 1. The van der Waals surface area contributed by atoms with Crippen molar-refractivity contribution in [2.45, 2.75) is 34.7 Å². The standard InChI is InChI=1S/C27H24Cl2N4O7/c1-30-22(35)26(28)13-17-16(9-10-31-24(37)32(25(38)33(17)31)15-7-5-4-6-8-15)20(27(26,29)23(30)36)14-11-18(39-2)21(34)19(12-14)40-3/h4-9,11-12,17,20,34H,10,13H2,1-3H3/t17-,20+,26-,27+/m1/s1. The summed E-state index contributed by atoms with van der Waals surface area (Å²) >= 11 is 14.3. The Bertz CT molecular complexity index is 1720. The van der Waals surface area contributed by atoms with E-state index >= 15 is 0 Å². The molecule has 4 atom stereocenters. The molecule has 0 unspecified atom stereocenters. The first-order chi connectivity index (χ1) is 19.0. The molecule has 0 spiro atoms. The summed E-state index contributed by atoms with van der Waals surface area (Å²) < 4.78 is 14.3. The normalized spacial score (nSPS) is 27.1. The number of rotatable bonds is 4. The topological polar surface area (TPSA) is 125 Å².